The zero-order valence-corrected chi connectivity index (χ0v) is 12.5. The molecule has 22 heavy (non-hydrogen) atoms. The van der Waals surface area contributed by atoms with E-state index in [1.807, 2.05) is 18.2 Å². The van der Waals surface area contributed by atoms with Crippen LogP contribution in [0.2, 0.25) is 5.02 Å². The summed E-state index contributed by atoms with van der Waals surface area (Å²) < 4.78 is 0. The van der Waals surface area contributed by atoms with Crippen molar-refractivity contribution in [1.82, 2.24) is 10.3 Å². The van der Waals surface area contributed by atoms with Crippen LogP contribution < -0.4 is 5.32 Å². The van der Waals surface area contributed by atoms with E-state index in [4.69, 9.17) is 11.6 Å². The van der Waals surface area contributed by atoms with E-state index in [0.717, 1.165) is 40.1 Å². The Bertz CT molecular complexity index is 872. The SMILES string of the molecule is Oc1ccc(C2NCCc3c2[nH]c2ccc(Cl)cc32)c(O)c1. The number of fused-ring (bicyclic) bond motifs is 3. The van der Waals surface area contributed by atoms with E-state index in [1.165, 1.54) is 11.6 Å². The van der Waals surface area contributed by atoms with Crippen molar-refractivity contribution in [2.24, 2.45) is 0 Å². The molecule has 0 saturated heterocycles. The molecule has 1 aliphatic heterocycles. The number of aromatic amines is 1. The van der Waals surface area contributed by atoms with Crippen LogP contribution in [0.25, 0.3) is 10.9 Å². The molecule has 5 heteroatoms. The standard InChI is InChI=1S/C17H15ClN2O2/c18-9-1-4-14-13(7-9)11-5-6-19-16(17(11)20-14)12-3-2-10(21)8-15(12)22/h1-4,7-8,16,19-22H,5-6H2. The highest BCUT2D eigenvalue weighted by molar-refractivity contribution is 6.31. The van der Waals surface area contributed by atoms with Gasteiger partial charge in [0.2, 0.25) is 0 Å². The summed E-state index contributed by atoms with van der Waals surface area (Å²) in [7, 11) is 0. The summed E-state index contributed by atoms with van der Waals surface area (Å²) in [5.41, 5.74) is 4.07. The largest absolute Gasteiger partial charge is 0.508 e. The third kappa shape index (κ3) is 2.03. The molecule has 1 unspecified atom stereocenters. The van der Waals surface area contributed by atoms with E-state index >= 15 is 0 Å². The fraction of sp³-hybridized carbons (Fsp3) is 0.176. The highest BCUT2D eigenvalue weighted by Crippen LogP contribution is 2.38. The zero-order chi connectivity index (χ0) is 15.3. The minimum atomic E-state index is -0.129. The number of phenols is 2. The molecular formula is C17H15ClN2O2. The monoisotopic (exact) mass is 314 g/mol. The predicted octanol–water partition coefficient (Wildman–Crippen LogP) is 3.47. The average molecular weight is 315 g/mol. The van der Waals surface area contributed by atoms with Gasteiger partial charge in [0.15, 0.2) is 0 Å². The summed E-state index contributed by atoms with van der Waals surface area (Å²) in [5.74, 6) is 0.141. The Morgan fingerprint density at radius 3 is 2.77 bits per heavy atom. The number of nitrogens with one attached hydrogen (secondary N) is 2. The van der Waals surface area contributed by atoms with Gasteiger partial charge in [0, 0.05) is 39.8 Å². The molecule has 3 aromatic rings. The number of benzene rings is 2. The first-order valence-electron chi connectivity index (χ1n) is 7.19. The molecule has 0 bridgehead atoms. The Kier molecular flexibility index (Phi) is 3.03. The molecule has 4 nitrogen and oxygen atoms in total. The van der Waals surface area contributed by atoms with Crippen molar-refractivity contribution in [1.29, 1.82) is 0 Å². The fourth-order valence-electron chi connectivity index (χ4n) is 3.24. The maximum atomic E-state index is 10.2. The molecule has 2 heterocycles. The number of H-pyrrole nitrogens is 1. The average Bonchev–Trinajstić information content (AvgIpc) is 2.85. The summed E-state index contributed by atoms with van der Waals surface area (Å²) in [6.07, 6.45) is 0.908. The van der Waals surface area contributed by atoms with E-state index < -0.39 is 0 Å². The molecule has 0 aliphatic carbocycles. The Morgan fingerprint density at radius 1 is 1.09 bits per heavy atom. The molecule has 4 N–H and O–H groups in total. The van der Waals surface area contributed by atoms with Crippen LogP contribution in [0.4, 0.5) is 0 Å². The van der Waals surface area contributed by atoms with Crippen LogP contribution in [0.3, 0.4) is 0 Å². The number of phenolic OH excluding ortho intramolecular Hbond substituents is 2. The van der Waals surface area contributed by atoms with Crippen LogP contribution >= 0.6 is 11.6 Å². The molecule has 1 aliphatic rings. The normalized spacial score (nSPS) is 17.6. The minimum absolute atomic E-state index is 0.0562. The molecule has 4 rings (SSSR count). The molecule has 0 fully saturated rings. The molecule has 1 aromatic heterocycles. The summed E-state index contributed by atoms with van der Waals surface area (Å²) >= 11 is 6.12. The third-order valence-electron chi connectivity index (χ3n) is 4.24. The first kappa shape index (κ1) is 13.5. The van der Waals surface area contributed by atoms with Crippen LogP contribution in [0, 0.1) is 0 Å². The lowest BCUT2D eigenvalue weighted by Crippen LogP contribution is -2.30. The van der Waals surface area contributed by atoms with Gasteiger partial charge in [-0.3, -0.25) is 0 Å². The topological polar surface area (TPSA) is 68.3 Å². The molecule has 2 aromatic carbocycles. The van der Waals surface area contributed by atoms with Gasteiger partial charge in [-0.05, 0) is 42.3 Å². The van der Waals surface area contributed by atoms with Gasteiger partial charge in [0.1, 0.15) is 11.5 Å². The van der Waals surface area contributed by atoms with E-state index in [0.29, 0.717) is 0 Å². The van der Waals surface area contributed by atoms with Crippen molar-refractivity contribution in [3.63, 3.8) is 0 Å². The van der Waals surface area contributed by atoms with Crippen LogP contribution in [0.1, 0.15) is 22.9 Å². The first-order chi connectivity index (χ1) is 10.6. The highest BCUT2D eigenvalue weighted by Gasteiger charge is 2.27. The second-order valence-electron chi connectivity index (χ2n) is 5.59. The van der Waals surface area contributed by atoms with Crippen LogP contribution in [0.5, 0.6) is 11.5 Å². The molecular weight excluding hydrogens is 300 g/mol. The Morgan fingerprint density at radius 2 is 1.95 bits per heavy atom. The van der Waals surface area contributed by atoms with Gasteiger partial charge < -0.3 is 20.5 Å². The van der Waals surface area contributed by atoms with E-state index in [-0.39, 0.29) is 17.5 Å². The van der Waals surface area contributed by atoms with Crippen molar-refractivity contribution in [3.05, 3.63) is 58.2 Å². The van der Waals surface area contributed by atoms with Gasteiger partial charge in [-0.2, -0.15) is 0 Å². The van der Waals surface area contributed by atoms with Crippen LogP contribution in [0.15, 0.2) is 36.4 Å². The maximum Gasteiger partial charge on any atom is 0.124 e. The quantitative estimate of drug-likeness (QED) is 0.556. The van der Waals surface area contributed by atoms with Gasteiger partial charge in [0.25, 0.3) is 0 Å². The second-order valence-corrected chi connectivity index (χ2v) is 6.02. The Hall–Kier alpha value is -2.17. The van der Waals surface area contributed by atoms with Gasteiger partial charge in [-0.1, -0.05) is 11.6 Å². The first-order valence-corrected chi connectivity index (χ1v) is 7.56. The molecule has 112 valence electrons. The maximum absolute atomic E-state index is 10.2. The Balaban J connectivity index is 1.90. The lowest BCUT2D eigenvalue weighted by molar-refractivity contribution is 0.436. The minimum Gasteiger partial charge on any atom is -0.508 e. The molecule has 0 amide bonds. The van der Waals surface area contributed by atoms with E-state index in [1.54, 1.807) is 12.1 Å². The number of halogens is 1. The fourth-order valence-corrected chi connectivity index (χ4v) is 3.41. The summed E-state index contributed by atoms with van der Waals surface area (Å²) in [5, 5.41) is 24.9. The Labute approximate surface area is 132 Å². The van der Waals surface area contributed by atoms with E-state index in [9.17, 15) is 10.2 Å². The predicted molar refractivity (Wildman–Crippen MR) is 86.6 cm³/mol. The van der Waals surface area contributed by atoms with Crippen LogP contribution in [-0.2, 0) is 6.42 Å². The lowest BCUT2D eigenvalue weighted by atomic mass is 9.94. The zero-order valence-electron chi connectivity index (χ0n) is 11.7. The summed E-state index contributed by atoms with van der Waals surface area (Å²) in [4.78, 5) is 3.44. The van der Waals surface area contributed by atoms with Crippen molar-refractivity contribution >= 4 is 22.5 Å². The van der Waals surface area contributed by atoms with Gasteiger partial charge >= 0.3 is 0 Å². The number of rotatable bonds is 1. The van der Waals surface area contributed by atoms with Crippen molar-refractivity contribution in [2.75, 3.05) is 6.54 Å². The summed E-state index contributed by atoms with van der Waals surface area (Å²) in [6, 6.07) is 10.4. The van der Waals surface area contributed by atoms with Crippen molar-refractivity contribution < 1.29 is 10.2 Å². The number of aromatic hydroxyl groups is 2. The van der Waals surface area contributed by atoms with Gasteiger partial charge in [-0.15, -0.1) is 0 Å². The van der Waals surface area contributed by atoms with Crippen molar-refractivity contribution in [3.8, 4) is 11.5 Å². The van der Waals surface area contributed by atoms with Gasteiger partial charge in [-0.25, -0.2) is 0 Å². The molecule has 1 atom stereocenters. The second kappa shape index (κ2) is 4.93. The number of hydrogen-bond acceptors (Lipinski definition) is 3. The molecule has 0 radical (unpaired) electrons. The third-order valence-corrected chi connectivity index (χ3v) is 4.47. The molecule has 0 spiro atoms. The lowest BCUT2D eigenvalue weighted by Gasteiger charge is -2.25. The smallest absolute Gasteiger partial charge is 0.124 e. The van der Waals surface area contributed by atoms with Gasteiger partial charge in [0.05, 0.1) is 6.04 Å². The number of aromatic nitrogens is 1. The van der Waals surface area contributed by atoms with E-state index in [2.05, 4.69) is 10.3 Å². The molecule has 0 saturated carbocycles. The number of hydrogen-bond donors (Lipinski definition) is 4. The van der Waals surface area contributed by atoms with Crippen molar-refractivity contribution in [2.45, 2.75) is 12.5 Å². The highest BCUT2D eigenvalue weighted by atomic mass is 35.5. The summed E-state index contributed by atoms with van der Waals surface area (Å²) in [6.45, 7) is 0.817. The van der Waals surface area contributed by atoms with Crippen LogP contribution in [-0.4, -0.2) is 21.7 Å².